The number of benzene rings is 1. The van der Waals surface area contributed by atoms with Crippen molar-refractivity contribution in [2.45, 2.75) is 44.1 Å². The van der Waals surface area contributed by atoms with E-state index in [0.717, 1.165) is 19.3 Å². The van der Waals surface area contributed by atoms with Crippen molar-refractivity contribution in [3.8, 4) is 6.07 Å². The van der Waals surface area contributed by atoms with Gasteiger partial charge in [0.05, 0.1) is 23.7 Å². The Morgan fingerprint density at radius 3 is 2.79 bits per heavy atom. The summed E-state index contributed by atoms with van der Waals surface area (Å²) in [5.74, 6) is -0.195. The topological polar surface area (TPSA) is 73.1 Å². The molecule has 4 nitrogen and oxygen atoms in total. The Morgan fingerprint density at radius 1 is 1.37 bits per heavy atom. The van der Waals surface area contributed by atoms with Crippen LogP contribution in [0.5, 0.6) is 0 Å². The van der Waals surface area contributed by atoms with E-state index in [4.69, 9.17) is 5.26 Å². The third-order valence-corrected chi connectivity index (χ3v) is 3.55. The molecule has 0 saturated heterocycles. The van der Waals surface area contributed by atoms with E-state index in [1.165, 1.54) is 0 Å². The molecule has 1 aromatic carbocycles. The number of carbonyl (C=O) groups is 1. The number of hydrogen-bond acceptors (Lipinski definition) is 3. The molecule has 1 aliphatic rings. The fourth-order valence-electron chi connectivity index (χ4n) is 2.56. The molecule has 2 N–H and O–H groups in total. The maximum atomic E-state index is 11.9. The van der Waals surface area contributed by atoms with E-state index in [0.29, 0.717) is 24.1 Å². The number of nitriles is 1. The molecule has 0 aromatic heterocycles. The molecule has 0 unspecified atom stereocenters. The smallest absolute Gasteiger partial charge is 0.227 e. The molecular formula is C15H18N2O2. The molecule has 1 aliphatic carbocycles. The van der Waals surface area contributed by atoms with Crippen LogP contribution < -0.4 is 5.32 Å². The van der Waals surface area contributed by atoms with Gasteiger partial charge >= 0.3 is 0 Å². The third-order valence-electron chi connectivity index (χ3n) is 3.55. The van der Waals surface area contributed by atoms with Crippen molar-refractivity contribution < 1.29 is 9.90 Å². The highest BCUT2D eigenvalue weighted by Gasteiger charge is 2.31. The summed E-state index contributed by atoms with van der Waals surface area (Å²) in [5.41, 5.74) is 0.257. The molecule has 0 radical (unpaired) electrons. The van der Waals surface area contributed by atoms with Gasteiger partial charge in [0, 0.05) is 5.69 Å². The summed E-state index contributed by atoms with van der Waals surface area (Å²) in [4.78, 5) is 11.9. The van der Waals surface area contributed by atoms with Crippen LogP contribution in [0.1, 0.15) is 44.1 Å². The first-order valence-corrected chi connectivity index (χ1v) is 6.64. The molecule has 0 aliphatic heterocycles. The number of nitrogens with zero attached hydrogens (tertiary/aromatic N) is 1. The van der Waals surface area contributed by atoms with E-state index >= 15 is 0 Å². The lowest BCUT2D eigenvalue weighted by Gasteiger charge is -2.31. The van der Waals surface area contributed by atoms with Gasteiger partial charge in [-0.25, -0.2) is 0 Å². The van der Waals surface area contributed by atoms with E-state index in [2.05, 4.69) is 5.32 Å². The van der Waals surface area contributed by atoms with Crippen LogP contribution >= 0.6 is 0 Å². The number of aliphatic hydroxyl groups is 1. The molecule has 1 amide bonds. The summed E-state index contributed by atoms with van der Waals surface area (Å²) < 4.78 is 0. The van der Waals surface area contributed by atoms with E-state index < -0.39 is 5.60 Å². The summed E-state index contributed by atoms with van der Waals surface area (Å²) in [7, 11) is 0. The van der Waals surface area contributed by atoms with Crippen LogP contribution in [0.15, 0.2) is 24.3 Å². The predicted octanol–water partition coefficient (Wildman–Crippen LogP) is 2.58. The largest absolute Gasteiger partial charge is 0.389 e. The molecule has 0 spiro atoms. The fraction of sp³-hybridized carbons (Fsp3) is 0.467. The van der Waals surface area contributed by atoms with E-state index in [1.54, 1.807) is 24.3 Å². The van der Waals surface area contributed by atoms with Crippen LogP contribution in [0, 0.1) is 11.3 Å². The Labute approximate surface area is 113 Å². The van der Waals surface area contributed by atoms with Crippen molar-refractivity contribution in [2.24, 2.45) is 0 Å². The van der Waals surface area contributed by atoms with Crippen LogP contribution in [-0.2, 0) is 4.79 Å². The number of carbonyl (C=O) groups excluding carboxylic acids is 1. The normalized spacial score (nSPS) is 17.5. The quantitative estimate of drug-likeness (QED) is 0.875. The zero-order valence-electron chi connectivity index (χ0n) is 10.9. The predicted molar refractivity (Wildman–Crippen MR) is 72.4 cm³/mol. The first-order chi connectivity index (χ1) is 9.11. The van der Waals surface area contributed by atoms with Gasteiger partial charge in [0.25, 0.3) is 0 Å². The van der Waals surface area contributed by atoms with Crippen LogP contribution in [0.4, 0.5) is 5.69 Å². The van der Waals surface area contributed by atoms with Gasteiger partial charge in [-0.3, -0.25) is 4.79 Å². The number of anilines is 1. The summed E-state index contributed by atoms with van der Waals surface area (Å²) in [6.07, 6.45) is 4.61. The number of nitrogens with one attached hydrogen (secondary N) is 1. The summed E-state index contributed by atoms with van der Waals surface area (Å²) in [6.45, 7) is 0. The van der Waals surface area contributed by atoms with Crippen molar-refractivity contribution in [1.82, 2.24) is 0 Å². The van der Waals surface area contributed by atoms with Gasteiger partial charge in [-0.1, -0.05) is 25.3 Å². The highest BCUT2D eigenvalue weighted by Crippen LogP contribution is 2.31. The molecule has 2 rings (SSSR count). The Balaban J connectivity index is 1.95. The SMILES string of the molecule is N#Cc1cccc(NC(=O)CC2(O)CCCCC2)c1. The summed E-state index contributed by atoms with van der Waals surface area (Å²) in [5, 5.41) is 21.8. The zero-order chi connectivity index (χ0) is 13.7. The maximum absolute atomic E-state index is 11.9. The highest BCUT2D eigenvalue weighted by atomic mass is 16.3. The Kier molecular flexibility index (Phi) is 4.18. The molecular weight excluding hydrogens is 240 g/mol. The van der Waals surface area contributed by atoms with Crippen LogP contribution in [-0.4, -0.2) is 16.6 Å². The van der Waals surface area contributed by atoms with Gasteiger partial charge in [-0.2, -0.15) is 5.26 Å². The van der Waals surface area contributed by atoms with Gasteiger partial charge in [0.2, 0.25) is 5.91 Å². The first-order valence-electron chi connectivity index (χ1n) is 6.64. The third kappa shape index (κ3) is 3.80. The number of rotatable bonds is 3. The van der Waals surface area contributed by atoms with Gasteiger partial charge in [-0.05, 0) is 31.0 Å². The Hall–Kier alpha value is -1.86. The molecule has 1 saturated carbocycles. The number of amides is 1. The van der Waals surface area contributed by atoms with Gasteiger partial charge in [0.15, 0.2) is 0 Å². The summed E-state index contributed by atoms with van der Waals surface area (Å²) in [6, 6.07) is 8.81. The van der Waals surface area contributed by atoms with E-state index in [9.17, 15) is 9.90 Å². The Morgan fingerprint density at radius 2 is 2.11 bits per heavy atom. The molecule has 0 bridgehead atoms. The molecule has 19 heavy (non-hydrogen) atoms. The average Bonchev–Trinajstić information content (AvgIpc) is 2.39. The van der Waals surface area contributed by atoms with Crippen molar-refractivity contribution in [2.75, 3.05) is 5.32 Å². The lowest BCUT2D eigenvalue weighted by Crippen LogP contribution is -2.35. The lowest BCUT2D eigenvalue weighted by atomic mass is 9.82. The minimum Gasteiger partial charge on any atom is -0.389 e. The molecule has 100 valence electrons. The molecule has 1 fully saturated rings. The molecule has 1 aromatic rings. The van der Waals surface area contributed by atoms with Crippen molar-refractivity contribution >= 4 is 11.6 Å². The van der Waals surface area contributed by atoms with Crippen LogP contribution in [0.25, 0.3) is 0 Å². The van der Waals surface area contributed by atoms with E-state index in [-0.39, 0.29) is 12.3 Å². The molecule has 0 atom stereocenters. The van der Waals surface area contributed by atoms with Gasteiger partial charge < -0.3 is 10.4 Å². The molecule has 0 heterocycles. The van der Waals surface area contributed by atoms with Crippen molar-refractivity contribution in [3.05, 3.63) is 29.8 Å². The standard InChI is InChI=1S/C15H18N2O2/c16-11-12-5-4-6-13(9-12)17-14(18)10-15(19)7-2-1-3-8-15/h4-6,9,19H,1-3,7-8,10H2,(H,17,18). The second-order valence-electron chi connectivity index (χ2n) is 5.20. The van der Waals surface area contributed by atoms with Crippen LogP contribution in [0.3, 0.4) is 0 Å². The maximum Gasteiger partial charge on any atom is 0.227 e. The summed E-state index contributed by atoms with van der Waals surface area (Å²) >= 11 is 0. The zero-order valence-corrected chi connectivity index (χ0v) is 10.9. The first kappa shape index (κ1) is 13.6. The highest BCUT2D eigenvalue weighted by molar-refractivity contribution is 5.91. The number of hydrogen-bond donors (Lipinski definition) is 2. The monoisotopic (exact) mass is 258 g/mol. The average molecular weight is 258 g/mol. The second kappa shape index (κ2) is 5.85. The van der Waals surface area contributed by atoms with Gasteiger partial charge in [0.1, 0.15) is 0 Å². The fourth-order valence-corrected chi connectivity index (χ4v) is 2.56. The van der Waals surface area contributed by atoms with E-state index in [1.807, 2.05) is 6.07 Å². The Bertz CT molecular complexity index is 499. The second-order valence-corrected chi connectivity index (χ2v) is 5.20. The minimum absolute atomic E-state index is 0.129. The van der Waals surface area contributed by atoms with Crippen molar-refractivity contribution in [3.63, 3.8) is 0 Å². The van der Waals surface area contributed by atoms with Gasteiger partial charge in [-0.15, -0.1) is 0 Å². The minimum atomic E-state index is -0.852. The van der Waals surface area contributed by atoms with Crippen molar-refractivity contribution in [1.29, 1.82) is 5.26 Å². The molecule has 4 heteroatoms. The lowest BCUT2D eigenvalue weighted by molar-refractivity contribution is -0.122. The van der Waals surface area contributed by atoms with Crippen LogP contribution in [0.2, 0.25) is 0 Å².